The van der Waals surface area contributed by atoms with Crippen molar-refractivity contribution in [1.29, 1.82) is 0 Å². The van der Waals surface area contributed by atoms with Crippen molar-refractivity contribution in [3.63, 3.8) is 0 Å². The molecule has 0 fully saturated rings. The molecule has 0 unspecified atom stereocenters. The highest BCUT2D eigenvalue weighted by Crippen LogP contribution is 2.22. The first-order valence-electron chi connectivity index (χ1n) is 9.51. The molecule has 1 N–H and O–H groups in total. The van der Waals surface area contributed by atoms with Crippen LogP contribution in [-0.4, -0.2) is 22.7 Å². The molecule has 1 heterocycles. The maximum absolute atomic E-state index is 12.9. The highest BCUT2D eigenvalue weighted by Gasteiger charge is 2.09. The van der Waals surface area contributed by atoms with Crippen LogP contribution in [0.4, 0.5) is 10.1 Å². The Hall–Kier alpha value is -4.26. The van der Waals surface area contributed by atoms with E-state index < -0.39 is 0 Å². The third-order valence-electron chi connectivity index (χ3n) is 4.25. The fourth-order valence-corrected chi connectivity index (χ4v) is 2.76. The molecule has 3 aromatic carbocycles. The molecule has 0 spiro atoms. The molecule has 31 heavy (non-hydrogen) atoms. The van der Waals surface area contributed by atoms with Crippen LogP contribution in [0.2, 0.25) is 0 Å². The molecule has 6 nitrogen and oxygen atoms in total. The molecule has 0 radical (unpaired) electrons. The zero-order valence-corrected chi connectivity index (χ0v) is 16.4. The number of benzene rings is 3. The number of nitrogens with one attached hydrogen (secondary N) is 1. The van der Waals surface area contributed by atoms with Crippen LogP contribution in [0.1, 0.15) is 11.5 Å². The molecule has 154 valence electrons. The predicted molar refractivity (Wildman–Crippen MR) is 116 cm³/mol. The Morgan fingerprint density at radius 3 is 2.61 bits per heavy atom. The Labute approximate surface area is 178 Å². The van der Waals surface area contributed by atoms with Gasteiger partial charge in [0.05, 0.1) is 0 Å². The van der Waals surface area contributed by atoms with Crippen molar-refractivity contribution >= 4 is 23.7 Å². The lowest BCUT2D eigenvalue weighted by Crippen LogP contribution is -2.20. The van der Waals surface area contributed by atoms with Gasteiger partial charge in [-0.25, -0.2) is 4.39 Å². The summed E-state index contributed by atoms with van der Waals surface area (Å²) in [6, 6.07) is 22.3. The second-order valence-corrected chi connectivity index (χ2v) is 6.57. The molecular weight excluding hydrogens is 397 g/mol. The van der Waals surface area contributed by atoms with Gasteiger partial charge in [-0.15, -0.1) is 0 Å². The summed E-state index contributed by atoms with van der Waals surface area (Å²) < 4.78 is 23.8. The number of hydrogen-bond acceptors (Lipinski definition) is 5. The third kappa shape index (κ3) is 5.63. The van der Waals surface area contributed by atoms with Crippen molar-refractivity contribution in [3.05, 3.63) is 96.1 Å². The standard InChI is InChI=1S/C24H18FN3O3/c25-19-10-12-20(13-11-19)26-22(29)16-30-21-8-4-7-18(15-21)24-27-23(31-28-24)14-9-17-5-2-1-3-6-17/h1-15H,16H2,(H,26,29)/b14-9+. The molecule has 1 amide bonds. The van der Waals surface area contributed by atoms with E-state index in [9.17, 15) is 9.18 Å². The fourth-order valence-electron chi connectivity index (χ4n) is 2.76. The number of halogens is 1. The number of rotatable bonds is 7. The van der Waals surface area contributed by atoms with E-state index in [-0.39, 0.29) is 18.3 Å². The quantitative estimate of drug-likeness (QED) is 0.456. The number of aromatic nitrogens is 2. The molecule has 0 aliphatic carbocycles. The topological polar surface area (TPSA) is 77.2 Å². The molecule has 1 aromatic heterocycles. The maximum atomic E-state index is 12.9. The van der Waals surface area contributed by atoms with Gasteiger partial charge in [-0.1, -0.05) is 47.6 Å². The summed E-state index contributed by atoms with van der Waals surface area (Å²) in [6.45, 7) is -0.196. The van der Waals surface area contributed by atoms with Crippen molar-refractivity contribution in [1.82, 2.24) is 10.1 Å². The monoisotopic (exact) mass is 415 g/mol. The van der Waals surface area contributed by atoms with E-state index in [1.807, 2.05) is 42.5 Å². The van der Waals surface area contributed by atoms with Gasteiger partial charge in [-0.05, 0) is 48.0 Å². The van der Waals surface area contributed by atoms with Crippen LogP contribution in [-0.2, 0) is 4.79 Å². The van der Waals surface area contributed by atoms with E-state index in [0.717, 1.165) is 5.56 Å². The Balaban J connectivity index is 1.37. The highest BCUT2D eigenvalue weighted by atomic mass is 19.1. The van der Waals surface area contributed by atoms with Gasteiger partial charge >= 0.3 is 0 Å². The minimum absolute atomic E-state index is 0.196. The lowest BCUT2D eigenvalue weighted by molar-refractivity contribution is -0.118. The number of anilines is 1. The largest absolute Gasteiger partial charge is 0.484 e. The van der Waals surface area contributed by atoms with Crippen molar-refractivity contribution in [2.75, 3.05) is 11.9 Å². The van der Waals surface area contributed by atoms with Crippen molar-refractivity contribution in [2.24, 2.45) is 0 Å². The van der Waals surface area contributed by atoms with E-state index in [1.165, 1.54) is 24.3 Å². The lowest BCUT2D eigenvalue weighted by atomic mass is 10.2. The first-order valence-corrected chi connectivity index (χ1v) is 9.51. The van der Waals surface area contributed by atoms with Crippen LogP contribution >= 0.6 is 0 Å². The first kappa shape index (κ1) is 20.0. The molecule has 0 aliphatic heterocycles. The smallest absolute Gasteiger partial charge is 0.262 e. The number of nitrogens with zero attached hydrogens (tertiary/aromatic N) is 2. The zero-order chi connectivity index (χ0) is 21.5. The molecule has 0 aliphatic rings. The van der Waals surface area contributed by atoms with Gasteiger partial charge in [-0.2, -0.15) is 4.98 Å². The molecule has 7 heteroatoms. The fraction of sp³-hybridized carbons (Fsp3) is 0.0417. The first-order chi connectivity index (χ1) is 15.2. The predicted octanol–water partition coefficient (Wildman–Crippen LogP) is 5.06. The summed E-state index contributed by atoms with van der Waals surface area (Å²) in [6.07, 6.45) is 3.63. The molecule has 0 bridgehead atoms. The van der Waals surface area contributed by atoms with Gasteiger partial charge in [0.25, 0.3) is 11.8 Å². The van der Waals surface area contributed by atoms with Crippen molar-refractivity contribution in [2.45, 2.75) is 0 Å². The Morgan fingerprint density at radius 2 is 1.81 bits per heavy atom. The number of amides is 1. The Bertz CT molecular complexity index is 1190. The van der Waals surface area contributed by atoms with E-state index in [1.54, 1.807) is 24.3 Å². The molecule has 0 saturated heterocycles. The number of carbonyl (C=O) groups is 1. The average molecular weight is 415 g/mol. The summed E-state index contributed by atoms with van der Waals surface area (Å²) in [4.78, 5) is 16.4. The summed E-state index contributed by atoms with van der Waals surface area (Å²) in [5.41, 5.74) is 2.21. The van der Waals surface area contributed by atoms with E-state index in [4.69, 9.17) is 9.26 Å². The van der Waals surface area contributed by atoms with Crippen LogP contribution in [0, 0.1) is 5.82 Å². The maximum Gasteiger partial charge on any atom is 0.262 e. The summed E-state index contributed by atoms with van der Waals surface area (Å²) in [5.74, 6) is 0.548. The second-order valence-electron chi connectivity index (χ2n) is 6.57. The minimum Gasteiger partial charge on any atom is -0.484 e. The number of hydrogen-bond donors (Lipinski definition) is 1. The minimum atomic E-state index is -0.369. The molecule has 4 rings (SSSR count). The molecule has 4 aromatic rings. The third-order valence-corrected chi connectivity index (χ3v) is 4.25. The summed E-state index contributed by atoms with van der Waals surface area (Å²) >= 11 is 0. The SMILES string of the molecule is O=C(COc1cccc(-c2noc(/C=C/c3ccccc3)n2)c1)Nc1ccc(F)cc1. The van der Waals surface area contributed by atoms with Gasteiger partial charge in [-0.3, -0.25) is 4.79 Å². The number of ether oxygens (including phenoxy) is 1. The van der Waals surface area contributed by atoms with Crippen molar-refractivity contribution < 1.29 is 18.4 Å². The average Bonchev–Trinajstić information content (AvgIpc) is 3.28. The second kappa shape index (κ2) is 9.49. The van der Waals surface area contributed by atoms with Gasteiger partial charge in [0.15, 0.2) is 6.61 Å². The van der Waals surface area contributed by atoms with Crippen molar-refractivity contribution in [3.8, 4) is 17.1 Å². The number of carbonyl (C=O) groups excluding carboxylic acids is 1. The van der Waals surface area contributed by atoms with Crippen LogP contribution in [0.5, 0.6) is 5.75 Å². The molecule has 0 atom stereocenters. The molecular formula is C24H18FN3O3. The highest BCUT2D eigenvalue weighted by molar-refractivity contribution is 5.91. The van der Waals surface area contributed by atoms with Gasteiger partial charge < -0.3 is 14.6 Å². The van der Waals surface area contributed by atoms with E-state index in [0.29, 0.717) is 28.7 Å². The Kier molecular flexibility index (Phi) is 6.13. The molecule has 0 saturated carbocycles. The van der Waals surface area contributed by atoms with Crippen LogP contribution in [0.3, 0.4) is 0 Å². The van der Waals surface area contributed by atoms with Crippen LogP contribution < -0.4 is 10.1 Å². The van der Waals surface area contributed by atoms with E-state index >= 15 is 0 Å². The van der Waals surface area contributed by atoms with Crippen LogP contribution in [0.15, 0.2) is 83.4 Å². The van der Waals surface area contributed by atoms with Gasteiger partial charge in [0.1, 0.15) is 11.6 Å². The van der Waals surface area contributed by atoms with E-state index in [2.05, 4.69) is 15.5 Å². The zero-order valence-electron chi connectivity index (χ0n) is 16.4. The van der Waals surface area contributed by atoms with Crippen LogP contribution in [0.25, 0.3) is 23.5 Å². The summed E-state index contributed by atoms with van der Waals surface area (Å²) in [7, 11) is 0. The normalized spacial score (nSPS) is 10.9. The summed E-state index contributed by atoms with van der Waals surface area (Å²) in [5, 5.41) is 6.63. The lowest BCUT2D eigenvalue weighted by Gasteiger charge is -2.08. The van der Waals surface area contributed by atoms with Gasteiger partial charge in [0, 0.05) is 17.3 Å². The Morgan fingerprint density at radius 1 is 1.00 bits per heavy atom. The van der Waals surface area contributed by atoms with Gasteiger partial charge in [0.2, 0.25) is 5.82 Å².